The van der Waals surface area contributed by atoms with Gasteiger partial charge >= 0.3 is 0 Å². The van der Waals surface area contributed by atoms with E-state index in [1.165, 1.54) is 7.11 Å². The highest BCUT2D eigenvalue weighted by molar-refractivity contribution is 6.06. The maximum absolute atomic E-state index is 12.2. The van der Waals surface area contributed by atoms with E-state index < -0.39 is 0 Å². The average Bonchev–Trinajstić information content (AvgIpc) is 2.95. The molecule has 0 saturated carbocycles. The van der Waals surface area contributed by atoms with Gasteiger partial charge in [-0.05, 0) is 36.4 Å². The Hall–Kier alpha value is -2.82. The molecule has 0 fully saturated rings. The van der Waals surface area contributed by atoms with Crippen molar-refractivity contribution in [3.63, 3.8) is 0 Å². The lowest BCUT2D eigenvalue weighted by atomic mass is 10.1. The van der Waals surface area contributed by atoms with Crippen LogP contribution in [0.5, 0.6) is 5.88 Å². The molecule has 2 N–H and O–H groups in total. The summed E-state index contributed by atoms with van der Waals surface area (Å²) in [5, 5.41) is 3.79. The van der Waals surface area contributed by atoms with Gasteiger partial charge in [-0.2, -0.15) is 0 Å². The summed E-state index contributed by atoms with van der Waals surface area (Å²) in [6, 6.07) is 10.9. The van der Waals surface area contributed by atoms with Crippen molar-refractivity contribution < 1.29 is 9.53 Å². The number of rotatable bonds is 3. The number of ether oxygens (including phenoxy) is 1. The first-order chi connectivity index (χ1) is 9.78. The molecule has 1 aromatic carbocycles. The number of amides is 1. The predicted molar refractivity (Wildman–Crippen MR) is 77.0 cm³/mol. The van der Waals surface area contributed by atoms with Crippen LogP contribution in [0.25, 0.3) is 10.9 Å². The Balaban J connectivity index is 1.88. The van der Waals surface area contributed by atoms with E-state index in [4.69, 9.17) is 4.74 Å². The Morgan fingerprint density at radius 1 is 1.30 bits per heavy atom. The monoisotopic (exact) mass is 267 g/mol. The Labute approximate surface area is 115 Å². The molecule has 2 heterocycles. The molecule has 0 radical (unpaired) electrons. The van der Waals surface area contributed by atoms with Crippen LogP contribution in [0.15, 0.2) is 48.8 Å². The number of fused-ring (bicyclic) bond motifs is 1. The van der Waals surface area contributed by atoms with Gasteiger partial charge in [-0.25, -0.2) is 4.98 Å². The quantitative estimate of drug-likeness (QED) is 0.766. The first kappa shape index (κ1) is 12.2. The van der Waals surface area contributed by atoms with Crippen molar-refractivity contribution >= 4 is 22.5 Å². The molecule has 1 amide bonds. The number of aromatic amines is 1. The van der Waals surface area contributed by atoms with E-state index in [0.717, 1.165) is 10.9 Å². The number of benzene rings is 1. The lowest BCUT2D eigenvalue weighted by molar-refractivity contribution is 0.102. The van der Waals surface area contributed by atoms with Gasteiger partial charge in [-0.3, -0.25) is 4.79 Å². The number of carbonyl (C=O) groups is 1. The fourth-order valence-corrected chi connectivity index (χ4v) is 2.04. The first-order valence-corrected chi connectivity index (χ1v) is 6.15. The van der Waals surface area contributed by atoms with Crippen LogP contribution in [-0.2, 0) is 0 Å². The Morgan fingerprint density at radius 2 is 2.20 bits per heavy atom. The lowest BCUT2D eigenvalue weighted by Gasteiger charge is -2.08. The molecular formula is C15H13N3O2. The number of anilines is 1. The minimum Gasteiger partial charge on any atom is -0.480 e. The molecule has 0 aliphatic rings. The topological polar surface area (TPSA) is 67.0 Å². The largest absolute Gasteiger partial charge is 0.480 e. The summed E-state index contributed by atoms with van der Waals surface area (Å²) in [6.07, 6.45) is 3.46. The minimum atomic E-state index is -0.195. The molecule has 2 aromatic heterocycles. The number of aromatic nitrogens is 2. The Morgan fingerprint density at radius 3 is 3.05 bits per heavy atom. The smallest absolute Gasteiger partial charge is 0.255 e. The zero-order valence-electron chi connectivity index (χ0n) is 10.9. The molecule has 0 spiro atoms. The molecular weight excluding hydrogens is 254 g/mol. The maximum atomic E-state index is 12.2. The number of methoxy groups -OCH3 is 1. The summed E-state index contributed by atoms with van der Waals surface area (Å²) >= 11 is 0. The highest BCUT2D eigenvalue weighted by atomic mass is 16.5. The van der Waals surface area contributed by atoms with Crippen molar-refractivity contribution in [2.24, 2.45) is 0 Å². The van der Waals surface area contributed by atoms with Crippen molar-refractivity contribution in [1.82, 2.24) is 9.97 Å². The molecule has 100 valence electrons. The van der Waals surface area contributed by atoms with E-state index >= 15 is 0 Å². The van der Waals surface area contributed by atoms with Crippen molar-refractivity contribution in [1.29, 1.82) is 0 Å². The molecule has 5 nitrogen and oxygen atoms in total. The molecule has 3 aromatic rings. The number of hydrogen-bond donors (Lipinski definition) is 2. The van der Waals surface area contributed by atoms with Crippen molar-refractivity contribution in [2.75, 3.05) is 12.4 Å². The molecule has 0 unspecified atom stereocenters. The van der Waals surface area contributed by atoms with Gasteiger partial charge in [0.05, 0.1) is 7.11 Å². The number of nitrogens with zero attached hydrogens (tertiary/aromatic N) is 1. The molecule has 0 aliphatic heterocycles. The third-order valence-electron chi connectivity index (χ3n) is 3.03. The van der Waals surface area contributed by atoms with Gasteiger partial charge in [0.2, 0.25) is 5.88 Å². The number of carbonyl (C=O) groups excluding carboxylic acids is 1. The van der Waals surface area contributed by atoms with E-state index in [-0.39, 0.29) is 5.91 Å². The second-order valence-electron chi connectivity index (χ2n) is 4.29. The van der Waals surface area contributed by atoms with Gasteiger partial charge in [0.25, 0.3) is 5.91 Å². The fourth-order valence-electron chi connectivity index (χ4n) is 2.04. The van der Waals surface area contributed by atoms with Crippen LogP contribution in [0, 0.1) is 0 Å². The van der Waals surface area contributed by atoms with Crippen molar-refractivity contribution in [3.05, 3.63) is 54.4 Å². The number of nitrogens with one attached hydrogen (secondary N) is 2. The van der Waals surface area contributed by atoms with Gasteiger partial charge in [-0.15, -0.1) is 0 Å². The zero-order valence-corrected chi connectivity index (χ0v) is 10.9. The standard InChI is InChI=1S/C15H13N3O2/c1-20-15-13(3-2-7-17-15)18-14(19)11-4-5-12-10(9-11)6-8-16-12/h2-9,16H,1H3,(H,18,19). The number of pyridine rings is 1. The maximum Gasteiger partial charge on any atom is 0.255 e. The van der Waals surface area contributed by atoms with E-state index in [9.17, 15) is 4.79 Å². The zero-order chi connectivity index (χ0) is 13.9. The van der Waals surface area contributed by atoms with E-state index in [1.807, 2.05) is 24.4 Å². The van der Waals surface area contributed by atoms with Crippen LogP contribution in [-0.4, -0.2) is 23.0 Å². The summed E-state index contributed by atoms with van der Waals surface area (Å²) < 4.78 is 5.11. The van der Waals surface area contributed by atoms with Crippen LogP contribution in [0.3, 0.4) is 0 Å². The Bertz CT molecular complexity index is 764. The molecule has 0 bridgehead atoms. The molecule has 0 saturated heterocycles. The van der Waals surface area contributed by atoms with Gasteiger partial charge in [0.15, 0.2) is 0 Å². The summed E-state index contributed by atoms with van der Waals surface area (Å²) in [5.74, 6) is 0.197. The van der Waals surface area contributed by atoms with E-state index in [1.54, 1.807) is 24.4 Å². The first-order valence-electron chi connectivity index (χ1n) is 6.15. The summed E-state index contributed by atoms with van der Waals surface area (Å²) in [5.41, 5.74) is 2.14. The third kappa shape index (κ3) is 2.21. The molecule has 5 heteroatoms. The fraction of sp³-hybridized carbons (Fsp3) is 0.0667. The highest BCUT2D eigenvalue weighted by Crippen LogP contribution is 2.21. The van der Waals surface area contributed by atoms with Gasteiger partial charge in [-0.1, -0.05) is 0 Å². The average molecular weight is 267 g/mol. The predicted octanol–water partition coefficient (Wildman–Crippen LogP) is 2.82. The minimum absolute atomic E-state index is 0.195. The number of hydrogen-bond acceptors (Lipinski definition) is 3. The number of H-pyrrole nitrogens is 1. The van der Waals surface area contributed by atoms with Crippen LogP contribution < -0.4 is 10.1 Å². The van der Waals surface area contributed by atoms with Crippen molar-refractivity contribution in [2.45, 2.75) is 0 Å². The van der Waals surface area contributed by atoms with Gasteiger partial charge in [0.1, 0.15) is 5.69 Å². The van der Waals surface area contributed by atoms with Gasteiger partial charge < -0.3 is 15.0 Å². The SMILES string of the molecule is COc1ncccc1NC(=O)c1ccc2[nH]ccc2c1. The van der Waals surface area contributed by atoms with Crippen LogP contribution in [0.4, 0.5) is 5.69 Å². The van der Waals surface area contributed by atoms with Gasteiger partial charge in [0, 0.05) is 28.9 Å². The third-order valence-corrected chi connectivity index (χ3v) is 3.03. The molecule has 20 heavy (non-hydrogen) atoms. The second-order valence-corrected chi connectivity index (χ2v) is 4.29. The summed E-state index contributed by atoms with van der Waals surface area (Å²) in [4.78, 5) is 19.4. The van der Waals surface area contributed by atoms with Crippen molar-refractivity contribution in [3.8, 4) is 5.88 Å². The van der Waals surface area contributed by atoms with Crippen LogP contribution in [0.2, 0.25) is 0 Å². The summed E-state index contributed by atoms with van der Waals surface area (Å²) in [6.45, 7) is 0. The summed E-state index contributed by atoms with van der Waals surface area (Å²) in [7, 11) is 1.52. The lowest BCUT2D eigenvalue weighted by Crippen LogP contribution is -2.12. The van der Waals surface area contributed by atoms with E-state index in [0.29, 0.717) is 17.1 Å². The van der Waals surface area contributed by atoms with Crippen LogP contribution >= 0.6 is 0 Å². The normalized spacial score (nSPS) is 10.4. The Kier molecular flexibility index (Phi) is 3.09. The van der Waals surface area contributed by atoms with E-state index in [2.05, 4.69) is 15.3 Å². The second kappa shape index (κ2) is 5.05. The molecule has 0 aliphatic carbocycles. The molecule has 0 atom stereocenters. The van der Waals surface area contributed by atoms with Crippen LogP contribution in [0.1, 0.15) is 10.4 Å². The highest BCUT2D eigenvalue weighted by Gasteiger charge is 2.10. The molecule has 3 rings (SSSR count).